The molecule has 0 aromatic heterocycles. The molecule has 0 aromatic carbocycles. The van der Waals surface area contributed by atoms with Crippen molar-refractivity contribution in [1.82, 2.24) is 5.32 Å². The molecule has 2 atom stereocenters. The molecule has 0 saturated heterocycles. The largest absolute Gasteiger partial charge is 0.352 e. The SMILES string of the molecule is CCCCCC(CC)NC(=O)C(Br)CC. The Bertz CT molecular complexity index is 173. The van der Waals surface area contributed by atoms with E-state index in [1.54, 1.807) is 0 Å². The Labute approximate surface area is 102 Å². The molecule has 0 aliphatic heterocycles. The molecule has 1 N–H and O–H groups in total. The van der Waals surface area contributed by atoms with Crippen molar-refractivity contribution < 1.29 is 4.79 Å². The summed E-state index contributed by atoms with van der Waals surface area (Å²) in [5, 5.41) is 3.09. The van der Waals surface area contributed by atoms with Crippen LogP contribution in [0.15, 0.2) is 0 Å². The summed E-state index contributed by atoms with van der Waals surface area (Å²) in [5.41, 5.74) is 0. The molecule has 0 saturated carbocycles. The number of nitrogens with one attached hydrogen (secondary N) is 1. The molecule has 0 fully saturated rings. The number of amides is 1. The van der Waals surface area contributed by atoms with Crippen molar-refractivity contribution >= 4 is 21.8 Å². The van der Waals surface area contributed by atoms with Crippen LogP contribution in [0, 0.1) is 0 Å². The molecule has 0 radical (unpaired) electrons. The van der Waals surface area contributed by atoms with E-state index in [1.165, 1.54) is 19.3 Å². The monoisotopic (exact) mass is 277 g/mol. The Morgan fingerprint density at radius 1 is 1.20 bits per heavy atom. The second kappa shape index (κ2) is 9.20. The molecular weight excluding hydrogens is 254 g/mol. The van der Waals surface area contributed by atoms with E-state index in [9.17, 15) is 4.79 Å². The maximum absolute atomic E-state index is 11.6. The highest BCUT2D eigenvalue weighted by Crippen LogP contribution is 2.09. The van der Waals surface area contributed by atoms with Gasteiger partial charge in [0.25, 0.3) is 0 Å². The molecule has 0 spiro atoms. The first kappa shape index (κ1) is 14.9. The van der Waals surface area contributed by atoms with Crippen LogP contribution in [0.4, 0.5) is 0 Å². The van der Waals surface area contributed by atoms with E-state index in [1.807, 2.05) is 6.92 Å². The summed E-state index contributed by atoms with van der Waals surface area (Å²) in [7, 11) is 0. The fourth-order valence-electron chi connectivity index (χ4n) is 1.50. The fourth-order valence-corrected chi connectivity index (χ4v) is 1.63. The minimum Gasteiger partial charge on any atom is -0.352 e. The molecule has 1 amide bonds. The van der Waals surface area contributed by atoms with Gasteiger partial charge in [-0.05, 0) is 19.3 Å². The lowest BCUT2D eigenvalue weighted by atomic mass is 10.1. The van der Waals surface area contributed by atoms with Gasteiger partial charge >= 0.3 is 0 Å². The van der Waals surface area contributed by atoms with Crippen LogP contribution in [0.3, 0.4) is 0 Å². The highest BCUT2D eigenvalue weighted by atomic mass is 79.9. The number of halogens is 1. The predicted octanol–water partition coefficient (Wildman–Crippen LogP) is 3.64. The summed E-state index contributed by atoms with van der Waals surface area (Å²) in [4.78, 5) is 11.6. The summed E-state index contributed by atoms with van der Waals surface area (Å²) in [6.45, 7) is 6.34. The van der Waals surface area contributed by atoms with Gasteiger partial charge in [-0.3, -0.25) is 4.79 Å². The van der Waals surface area contributed by atoms with Gasteiger partial charge in [-0.1, -0.05) is 56.0 Å². The van der Waals surface area contributed by atoms with E-state index in [4.69, 9.17) is 0 Å². The third kappa shape index (κ3) is 6.93. The quantitative estimate of drug-likeness (QED) is 0.533. The number of hydrogen-bond acceptors (Lipinski definition) is 1. The summed E-state index contributed by atoms with van der Waals surface area (Å²) in [5.74, 6) is 0.140. The van der Waals surface area contributed by atoms with Crippen LogP contribution < -0.4 is 5.32 Å². The Morgan fingerprint density at radius 3 is 2.33 bits per heavy atom. The third-order valence-corrected chi connectivity index (χ3v) is 3.70. The molecule has 2 unspecified atom stereocenters. The zero-order valence-electron chi connectivity index (χ0n) is 10.2. The van der Waals surface area contributed by atoms with Gasteiger partial charge in [0.05, 0.1) is 4.83 Å². The second-order valence-electron chi connectivity index (χ2n) is 3.99. The van der Waals surface area contributed by atoms with E-state index < -0.39 is 0 Å². The van der Waals surface area contributed by atoms with Crippen LogP contribution in [0.25, 0.3) is 0 Å². The molecule has 3 heteroatoms. The molecular formula is C12H24BrNO. The number of alkyl halides is 1. The summed E-state index contributed by atoms with van der Waals surface area (Å²) < 4.78 is 0. The number of carbonyl (C=O) groups excluding carboxylic acids is 1. The lowest BCUT2D eigenvalue weighted by Gasteiger charge is -2.18. The lowest BCUT2D eigenvalue weighted by molar-refractivity contribution is -0.121. The molecule has 0 aliphatic carbocycles. The Morgan fingerprint density at radius 2 is 1.87 bits per heavy atom. The van der Waals surface area contributed by atoms with Crippen molar-refractivity contribution in [3.63, 3.8) is 0 Å². The van der Waals surface area contributed by atoms with Gasteiger partial charge in [-0.2, -0.15) is 0 Å². The van der Waals surface area contributed by atoms with Crippen LogP contribution in [0.2, 0.25) is 0 Å². The first-order valence-corrected chi connectivity index (χ1v) is 7.01. The first-order valence-electron chi connectivity index (χ1n) is 6.10. The Hall–Kier alpha value is -0.0500. The molecule has 0 heterocycles. The highest BCUT2D eigenvalue weighted by Gasteiger charge is 2.15. The Balaban J connectivity index is 3.82. The maximum Gasteiger partial charge on any atom is 0.233 e. The van der Waals surface area contributed by atoms with Crippen molar-refractivity contribution in [3.05, 3.63) is 0 Å². The average Bonchev–Trinajstić information content (AvgIpc) is 2.26. The predicted molar refractivity (Wildman–Crippen MR) is 69.4 cm³/mol. The zero-order chi connectivity index (χ0) is 11.7. The van der Waals surface area contributed by atoms with Gasteiger partial charge in [-0.25, -0.2) is 0 Å². The van der Waals surface area contributed by atoms with Crippen molar-refractivity contribution in [1.29, 1.82) is 0 Å². The molecule has 0 rings (SSSR count). The topological polar surface area (TPSA) is 29.1 Å². The molecule has 0 aromatic rings. The second-order valence-corrected chi connectivity index (χ2v) is 5.09. The summed E-state index contributed by atoms with van der Waals surface area (Å²) in [6, 6.07) is 0.357. The van der Waals surface area contributed by atoms with E-state index in [-0.39, 0.29) is 10.7 Å². The van der Waals surface area contributed by atoms with Crippen LogP contribution in [-0.4, -0.2) is 16.8 Å². The molecule has 0 bridgehead atoms. The molecule has 0 aliphatic rings. The normalized spacial score (nSPS) is 14.7. The van der Waals surface area contributed by atoms with Gasteiger partial charge in [-0.15, -0.1) is 0 Å². The minimum atomic E-state index is -0.0299. The van der Waals surface area contributed by atoms with Crippen molar-refractivity contribution in [2.75, 3.05) is 0 Å². The van der Waals surface area contributed by atoms with Crippen LogP contribution in [0.5, 0.6) is 0 Å². The lowest BCUT2D eigenvalue weighted by Crippen LogP contribution is -2.38. The van der Waals surface area contributed by atoms with Gasteiger partial charge in [0.2, 0.25) is 5.91 Å². The Kier molecular flexibility index (Phi) is 9.17. The summed E-state index contributed by atoms with van der Waals surface area (Å²) >= 11 is 3.37. The van der Waals surface area contributed by atoms with E-state index in [0.717, 1.165) is 19.3 Å². The van der Waals surface area contributed by atoms with Gasteiger partial charge in [0.15, 0.2) is 0 Å². The number of rotatable bonds is 8. The van der Waals surface area contributed by atoms with Crippen molar-refractivity contribution in [2.45, 2.75) is 70.2 Å². The van der Waals surface area contributed by atoms with Gasteiger partial charge in [0.1, 0.15) is 0 Å². The minimum absolute atomic E-state index is 0.0299. The highest BCUT2D eigenvalue weighted by molar-refractivity contribution is 9.10. The fraction of sp³-hybridized carbons (Fsp3) is 0.917. The number of unbranched alkanes of at least 4 members (excludes halogenated alkanes) is 2. The van der Waals surface area contributed by atoms with Crippen molar-refractivity contribution in [3.8, 4) is 0 Å². The summed E-state index contributed by atoms with van der Waals surface area (Å²) in [6.07, 6.45) is 6.70. The standard InChI is InChI=1S/C12H24BrNO/c1-4-7-8-9-10(5-2)14-12(15)11(13)6-3/h10-11H,4-9H2,1-3H3,(H,14,15). The molecule has 2 nitrogen and oxygen atoms in total. The van der Waals surface area contributed by atoms with E-state index >= 15 is 0 Å². The number of carbonyl (C=O) groups is 1. The van der Waals surface area contributed by atoms with Crippen LogP contribution >= 0.6 is 15.9 Å². The average molecular weight is 278 g/mol. The van der Waals surface area contributed by atoms with E-state index in [2.05, 4.69) is 35.1 Å². The van der Waals surface area contributed by atoms with Crippen LogP contribution in [0.1, 0.15) is 59.3 Å². The third-order valence-electron chi connectivity index (χ3n) is 2.64. The maximum atomic E-state index is 11.6. The molecule has 90 valence electrons. The smallest absolute Gasteiger partial charge is 0.233 e. The van der Waals surface area contributed by atoms with Crippen LogP contribution in [-0.2, 0) is 4.79 Å². The zero-order valence-corrected chi connectivity index (χ0v) is 11.8. The van der Waals surface area contributed by atoms with E-state index in [0.29, 0.717) is 6.04 Å². The first-order chi connectivity index (χ1) is 7.15. The van der Waals surface area contributed by atoms with Gasteiger partial charge < -0.3 is 5.32 Å². The van der Waals surface area contributed by atoms with Gasteiger partial charge in [0, 0.05) is 6.04 Å². The van der Waals surface area contributed by atoms with Crippen molar-refractivity contribution in [2.24, 2.45) is 0 Å². The molecule has 15 heavy (non-hydrogen) atoms. The number of hydrogen-bond donors (Lipinski definition) is 1.